The second-order valence-corrected chi connectivity index (χ2v) is 6.55. The van der Waals surface area contributed by atoms with Crippen molar-refractivity contribution in [3.05, 3.63) is 22.4 Å². The monoisotopic (exact) mass is 279 g/mol. The van der Waals surface area contributed by atoms with Crippen molar-refractivity contribution in [2.24, 2.45) is 5.92 Å². The summed E-state index contributed by atoms with van der Waals surface area (Å²) in [6.07, 6.45) is 2.59. The zero-order valence-corrected chi connectivity index (χ0v) is 11.9. The Morgan fingerprint density at radius 2 is 2.47 bits per heavy atom. The summed E-state index contributed by atoms with van der Waals surface area (Å²) in [7, 11) is 0. The van der Waals surface area contributed by atoms with E-state index in [2.05, 4.69) is 21.6 Å². The van der Waals surface area contributed by atoms with Crippen LogP contribution in [0.5, 0.6) is 0 Å². The largest absolute Gasteiger partial charge is 0.350 e. The zero-order chi connectivity index (χ0) is 13.1. The highest BCUT2D eigenvalue weighted by atomic mass is 32.1. The molecule has 0 bridgehead atoms. The van der Waals surface area contributed by atoms with Gasteiger partial charge < -0.3 is 10.6 Å². The van der Waals surface area contributed by atoms with Crippen molar-refractivity contribution >= 4 is 17.2 Å². The summed E-state index contributed by atoms with van der Waals surface area (Å²) >= 11 is 1.69. The highest BCUT2D eigenvalue weighted by Gasteiger charge is 2.34. The molecule has 0 radical (unpaired) electrons. The van der Waals surface area contributed by atoms with Gasteiger partial charge in [0.15, 0.2) is 0 Å². The van der Waals surface area contributed by atoms with E-state index < -0.39 is 0 Å². The Morgan fingerprint density at radius 3 is 3.26 bits per heavy atom. The van der Waals surface area contributed by atoms with Crippen LogP contribution < -0.4 is 10.6 Å². The molecule has 5 heteroatoms. The van der Waals surface area contributed by atoms with Crippen LogP contribution in [0.4, 0.5) is 0 Å². The molecule has 1 aromatic rings. The van der Waals surface area contributed by atoms with Crippen molar-refractivity contribution in [3.8, 4) is 0 Å². The number of amides is 1. The number of rotatable bonds is 4. The Bertz CT molecular complexity index is 406. The van der Waals surface area contributed by atoms with Crippen molar-refractivity contribution in [1.29, 1.82) is 0 Å². The smallest absolute Gasteiger partial charge is 0.234 e. The molecule has 0 aromatic carbocycles. The lowest BCUT2D eigenvalue weighted by atomic mass is 9.94. The van der Waals surface area contributed by atoms with Crippen LogP contribution in [0.3, 0.4) is 0 Å². The van der Waals surface area contributed by atoms with Gasteiger partial charge in [-0.25, -0.2) is 0 Å². The molecule has 2 N–H and O–H groups in total. The third-order valence-electron chi connectivity index (χ3n) is 4.08. The van der Waals surface area contributed by atoms with Gasteiger partial charge in [-0.3, -0.25) is 9.69 Å². The molecule has 0 saturated carbocycles. The summed E-state index contributed by atoms with van der Waals surface area (Å²) in [5.74, 6) is 0.894. The van der Waals surface area contributed by atoms with Crippen molar-refractivity contribution in [3.63, 3.8) is 0 Å². The van der Waals surface area contributed by atoms with E-state index in [4.69, 9.17) is 0 Å². The molecule has 2 aliphatic heterocycles. The standard InChI is InChI=1S/C14H21N3OS/c18-14(16-7-12-4-2-6-19-12)10-17-8-11-3-1-5-15-13(11)9-17/h2,4,6,11,13,15H,1,3,5,7-10H2,(H,16,18)/t11-,13+/m0/s1. The fourth-order valence-electron chi connectivity index (χ4n) is 3.12. The van der Waals surface area contributed by atoms with Gasteiger partial charge in [0, 0.05) is 24.0 Å². The highest BCUT2D eigenvalue weighted by Crippen LogP contribution is 2.24. The van der Waals surface area contributed by atoms with Gasteiger partial charge in [-0.05, 0) is 36.8 Å². The SMILES string of the molecule is O=C(CN1C[C@@H]2CCCN[C@@H]2C1)NCc1cccs1. The zero-order valence-electron chi connectivity index (χ0n) is 11.1. The lowest BCUT2D eigenvalue weighted by Crippen LogP contribution is -2.41. The van der Waals surface area contributed by atoms with Crippen molar-refractivity contribution in [2.75, 3.05) is 26.2 Å². The van der Waals surface area contributed by atoms with Gasteiger partial charge in [-0.1, -0.05) is 6.07 Å². The molecule has 0 aliphatic carbocycles. The van der Waals surface area contributed by atoms with Crippen LogP contribution >= 0.6 is 11.3 Å². The van der Waals surface area contributed by atoms with Crippen LogP contribution in [-0.4, -0.2) is 43.0 Å². The van der Waals surface area contributed by atoms with Crippen LogP contribution in [0, 0.1) is 5.92 Å². The molecule has 2 fully saturated rings. The van der Waals surface area contributed by atoms with E-state index >= 15 is 0 Å². The van der Waals surface area contributed by atoms with E-state index in [1.54, 1.807) is 11.3 Å². The Morgan fingerprint density at radius 1 is 1.53 bits per heavy atom. The van der Waals surface area contributed by atoms with Crippen LogP contribution in [0.2, 0.25) is 0 Å². The maximum Gasteiger partial charge on any atom is 0.234 e. The molecule has 4 nitrogen and oxygen atoms in total. The summed E-state index contributed by atoms with van der Waals surface area (Å²) in [5.41, 5.74) is 0. The van der Waals surface area contributed by atoms with Gasteiger partial charge in [0.25, 0.3) is 0 Å². The van der Waals surface area contributed by atoms with Crippen molar-refractivity contribution < 1.29 is 4.79 Å². The molecular weight excluding hydrogens is 258 g/mol. The second kappa shape index (κ2) is 6.03. The van der Waals surface area contributed by atoms with Crippen LogP contribution in [0.1, 0.15) is 17.7 Å². The average molecular weight is 279 g/mol. The fraction of sp³-hybridized carbons (Fsp3) is 0.643. The first-order valence-corrected chi connectivity index (χ1v) is 7.94. The van der Waals surface area contributed by atoms with Crippen molar-refractivity contribution in [1.82, 2.24) is 15.5 Å². The summed E-state index contributed by atoms with van der Waals surface area (Å²) in [6.45, 7) is 4.44. The van der Waals surface area contributed by atoms with E-state index in [0.29, 0.717) is 19.1 Å². The average Bonchev–Trinajstić information content (AvgIpc) is 3.04. The Labute approximate surface area is 118 Å². The molecule has 2 saturated heterocycles. The topological polar surface area (TPSA) is 44.4 Å². The summed E-state index contributed by atoms with van der Waals surface area (Å²) < 4.78 is 0. The number of nitrogens with one attached hydrogen (secondary N) is 2. The molecule has 1 amide bonds. The second-order valence-electron chi connectivity index (χ2n) is 5.51. The maximum atomic E-state index is 11.9. The summed E-state index contributed by atoms with van der Waals surface area (Å²) in [5, 5.41) is 8.61. The molecule has 3 heterocycles. The Hall–Kier alpha value is -0.910. The molecule has 1 aromatic heterocycles. The van der Waals surface area contributed by atoms with Gasteiger partial charge in [-0.2, -0.15) is 0 Å². The Balaban J connectivity index is 1.42. The third kappa shape index (κ3) is 3.35. The number of nitrogens with zero attached hydrogens (tertiary/aromatic N) is 1. The van der Waals surface area contributed by atoms with Gasteiger partial charge in [-0.15, -0.1) is 11.3 Å². The van der Waals surface area contributed by atoms with E-state index in [9.17, 15) is 4.79 Å². The number of likely N-dealkylation sites (tertiary alicyclic amines) is 1. The first kappa shape index (κ1) is 13.1. The maximum absolute atomic E-state index is 11.9. The van der Waals surface area contributed by atoms with E-state index in [1.807, 2.05) is 11.4 Å². The third-order valence-corrected chi connectivity index (χ3v) is 4.96. The molecule has 3 rings (SSSR count). The van der Waals surface area contributed by atoms with Gasteiger partial charge in [0.05, 0.1) is 13.1 Å². The van der Waals surface area contributed by atoms with Gasteiger partial charge in [0.2, 0.25) is 5.91 Å². The minimum atomic E-state index is 0.145. The number of carbonyl (C=O) groups excluding carboxylic acids is 1. The van der Waals surface area contributed by atoms with Crippen LogP contribution in [0.15, 0.2) is 17.5 Å². The Kier molecular flexibility index (Phi) is 4.15. The lowest BCUT2D eigenvalue weighted by molar-refractivity contribution is -0.122. The number of fused-ring (bicyclic) bond motifs is 1. The quantitative estimate of drug-likeness (QED) is 0.866. The predicted octanol–water partition coefficient (Wildman–Crippen LogP) is 1.05. The van der Waals surface area contributed by atoms with E-state index in [0.717, 1.165) is 25.6 Å². The number of piperidine rings is 1. The number of hydrogen-bond acceptors (Lipinski definition) is 4. The molecular formula is C14H21N3OS. The molecule has 2 atom stereocenters. The first-order chi connectivity index (χ1) is 9.31. The van der Waals surface area contributed by atoms with Gasteiger partial charge >= 0.3 is 0 Å². The van der Waals surface area contributed by atoms with Crippen LogP contribution in [-0.2, 0) is 11.3 Å². The fourth-order valence-corrected chi connectivity index (χ4v) is 3.77. The minimum Gasteiger partial charge on any atom is -0.350 e. The van der Waals surface area contributed by atoms with Crippen molar-refractivity contribution in [2.45, 2.75) is 25.4 Å². The molecule has 0 unspecified atom stereocenters. The van der Waals surface area contributed by atoms with E-state index in [1.165, 1.54) is 17.7 Å². The molecule has 104 valence electrons. The van der Waals surface area contributed by atoms with Crippen LogP contribution in [0.25, 0.3) is 0 Å². The molecule has 0 spiro atoms. The summed E-state index contributed by atoms with van der Waals surface area (Å²) in [4.78, 5) is 15.4. The molecule has 2 aliphatic rings. The van der Waals surface area contributed by atoms with Gasteiger partial charge in [0.1, 0.15) is 0 Å². The normalized spacial score (nSPS) is 27.2. The lowest BCUT2D eigenvalue weighted by Gasteiger charge is -2.24. The number of thiophene rings is 1. The number of hydrogen-bond donors (Lipinski definition) is 2. The number of carbonyl (C=O) groups is 1. The minimum absolute atomic E-state index is 0.145. The van der Waals surface area contributed by atoms with E-state index in [-0.39, 0.29) is 5.91 Å². The first-order valence-electron chi connectivity index (χ1n) is 7.06. The summed E-state index contributed by atoms with van der Waals surface area (Å²) in [6, 6.07) is 4.68. The highest BCUT2D eigenvalue weighted by molar-refractivity contribution is 7.09. The molecule has 19 heavy (non-hydrogen) atoms. The predicted molar refractivity (Wildman–Crippen MR) is 77.1 cm³/mol.